The van der Waals surface area contributed by atoms with Gasteiger partial charge in [0.1, 0.15) is 0 Å². The molecule has 0 bridgehead atoms. The molecule has 0 saturated carbocycles. The largest absolute Gasteiger partial charge is 0.393 e. The van der Waals surface area contributed by atoms with E-state index in [9.17, 15) is 10.2 Å². The van der Waals surface area contributed by atoms with Crippen molar-refractivity contribution in [1.82, 2.24) is 0 Å². The zero-order valence-electron chi connectivity index (χ0n) is 13.7. The molecule has 0 aromatic heterocycles. The highest BCUT2D eigenvalue weighted by Gasteiger charge is 2.10. The van der Waals surface area contributed by atoms with Gasteiger partial charge in [-0.1, -0.05) is 76.9 Å². The highest BCUT2D eigenvalue weighted by atomic mass is 16.3. The number of hydrogen-bond donors (Lipinski definition) is 2. The molecule has 0 radical (unpaired) electrons. The summed E-state index contributed by atoms with van der Waals surface area (Å²) >= 11 is 0. The Hall–Kier alpha value is -0.340. The molecule has 0 unspecified atom stereocenters. The highest BCUT2D eigenvalue weighted by molar-refractivity contribution is 4.81. The van der Waals surface area contributed by atoms with Gasteiger partial charge < -0.3 is 10.2 Å². The zero-order valence-corrected chi connectivity index (χ0v) is 13.7. The number of hydrogen-bond acceptors (Lipinski definition) is 2. The Morgan fingerprint density at radius 1 is 0.800 bits per heavy atom. The monoisotopic (exact) mass is 284 g/mol. The van der Waals surface area contributed by atoms with Crippen molar-refractivity contribution < 1.29 is 10.2 Å². The second-order valence-electron chi connectivity index (χ2n) is 5.97. The Balaban J connectivity index is 3.28. The lowest BCUT2D eigenvalue weighted by atomic mass is 10.0. The van der Waals surface area contributed by atoms with E-state index in [1.807, 2.05) is 19.1 Å². The lowest BCUT2D eigenvalue weighted by Gasteiger charge is -2.14. The first-order valence-electron chi connectivity index (χ1n) is 8.68. The fourth-order valence-electron chi connectivity index (χ4n) is 2.51. The SMILES string of the molecule is C/C=C/C[C@@H](O)C[C@H](O)CCCCCCCCCCC. The van der Waals surface area contributed by atoms with Crippen LogP contribution in [-0.2, 0) is 0 Å². The van der Waals surface area contributed by atoms with Gasteiger partial charge in [-0.3, -0.25) is 0 Å². The topological polar surface area (TPSA) is 40.5 Å². The van der Waals surface area contributed by atoms with E-state index in [2.05, 4.69) is 6.92 Å². The molecule has 120 valence electrons. The first-order valence-corrected chi connectivity index (χ1v) is 8.68. The summed E-state index contributed by atoms with van der Waals surface area (Å²) in [5, 5.41) is 19.5. The minimum atomic E-state index is -0.389. The van der Waals surface area contributed by atoms with Gasteiger partial charge in [0.15, 0.2) is 0 Å². The average Bonchev–Trinajstić information content (AvgIpc) is 2.43. The molecule has 0 aliphatic rings. The zero-order chi connectivity index (χ0) is 15.1. The van der Waals surface area contributed by atoms with Crippen LogP contribution >= 0.6 is 0 Å². The van der Waals surface area contributed by atoms with Crippen LogP contribution in [0.1, 0.15) is 90.9 Å². The molecule has 2 nitrogen and oxygen atoms in total. The highest BCUT2D eigenvalue weighted by Crippen LogP contribution is 2.13. The maximum atomic E-state index is 9.83. The molecule has 0 aliphatic heterocycles. The van der Waals surface area contributed by atoms with Gasteiger partial charge in [0.25, 0.3) is 0 Å². The van der Waals surface area contributed by atoms with Crippen LogP contribution in [0.3, 0.4) is 0 Å². The summed E-state index contributed by atoms with van der Waals surface area (Å²) in [6, 6.07) is 0. The van der Waals surface area contributed by atoms with Gasteiger partial charge >= 0.3 is 0 Å². The third-order valence-electron chi connectivity index (χ3n) is 3.83. The van der Waals surface area contributed by atoms with E-state index >= 15 is 0 Å². The molecule has 2 heteroatoms. The molecule has 0 saturated heterocycles. The van der Waals surface area contributed by atoms with E-state index in [0.29, 0.717) is 12.8 Å². The van der Waals surface area contributed by atoms with Crippen LogP contribution in [0.25, 0.3) is 0 Å². The predicted octanol–water partition coefficient (Wildman–Crippen LogP) is 4.99. The van der Waals surface area contributed by atoms with Crippen molar-refractivity contribution in [3.05, 3.63) is 12.2 Å². The van der Waals surface area contributed by atoms with Gasteiger partial charge in [0.2, 0.25) is 0 Å². The van der Waals surface area contributed by atoms with Gasteiger partial charge in [-0.25, -0.2) is 0 Å². The first-order chi connectivity index (χ1) is 9.70. The third kappa shape index (κ3) is 14.1. The molecule has 0 amide bonds. The van der Waals surface area contributed by atoms with Crippen LogP contribution in [0.2, 0.25) is 0 Å². The van der Waals surface area contributed by atoms with E-state index in [4.69, 9.17) is 0 Å². The number of aliphatic hydroxyl groups excluding tert-OH is 2. The molecule has 0 aromatic rings. The van der Waals surface area contributed by atoms with E-state index in [1.165, 1.54) is 51.4 Å². The molecule has 0 heterocycles. The fourth-order valence-corrected chi connectivity index (χ4v) is 2.51. The number of allylic oxidation sites excluding steroid dienone is 1. The number of rotatable bonds is 14. The van der Waals surface area contributed by atoms with Crippen molar-refractivity contribution in [1.29, 1.82) is 0 Å². The Morgan fingerprint density at radius 2 is 1.35 bits per heavy atom. The van der Waals surface area contributed by atoms with Crippen molar-refractivity contribution in [2.45, 2.75) is 103 Å². The molecule has 2 N–H and O–H groups in total. The molecule has 0 aliphatic carbocycles. The molecule has 20 heavy (non-hydrogen) atoms. The van der Waals surface area contributed by atoms with Gasteiger partial charge in [-0.15, -0.1) is 0 Å². The summed E-state index contributed by atoms with van der Waals surface area (Å²) in [5.74, 6) is 0. The second kappa shape index (κ2) is 15.1. The normalized spacial score (nSPS) is 14.8. The van der Waals surface area contributed by atoms with Gasteiger partial charge in [-0.2, -0.15) is 0 Å². The van der Waals surface area contributed by atoms with Crippen molar-refractivity contribution in [2.75, 3.05) is 0 Å². The van der Waals surface area contributed by atoms with Crippen LogP contribution in [0.15, 0.2) is 12.2 Å². The smallest absolute Gasteiger partial charge is 0.0599 e. The van der Waals surface area contributed by atoms with Gasteiger partial charge in [0.05, 0.1) is 12.2 Å². The van der Waals surface area contributed by atoms with Crippen LogP contribution < -0.4 is 0 Å². The lowest BCUT2D eigenvalue weighted by molar-refractivity contribution is 0.0756. The number of unbranched alkanes of at least 4 members (excludes halogenated alkanes) is 8. The first kappa shape index (κ1) is 19.7. The summed E-state index contributed by atoms with van der Waals surface area (Å²) in [7, 11) is 0. The van der Waals surface area contributed by atoms with E-state index in [0.717, 1.165) is 12.8 Å². The molecule has 0 aromatic carbocycles. The summed E-state index contributed by atoms with van der Waals surface area (Å²) < 4.78 is 0. The molecule has 0 rings (SSSR count). The Kier molecular flexibility index (Phi) is 14.8. The van der Waals surface area contributed by atoms with Crippen molar-refractivity contribution >= 4 is 0 Å². The van der Waals surface area contributed by atoms with Gasteiger partial charge in [0, 0.05) is 0 Å². The fraction of sp³-hybridized carbons (Fsp3) is 0.889. The Bertz CT molecular complexity index is 213. The van der Waals surface area contributed by atoms with Crippen LogP contribution in [0.4, 0.5) is 0 Å². The second-order valence-corrected chi connectivity index (χ2v) is 5.97. The minimum absolute atomic E-state index is 0.334. The van der Waals surface area contributed by atoms with E-state index < -0.39 is 0 Å². The Morgan fingerprint density at radius 3 is 1.90 bits per heavy atom. The summed E-state index contributed by atoms with van der Waals surface area (Å²) in [4.78, 5) is 0. The third-order valence-corrected chi connectivity index (χ3v) is 3.83. The average molecular weight is 284 g/mol. The molecular weight excluding hydrogens is 248 g/mol. The lowest BCUT2D eigenvalue weighted by Crippen LogP contribution is -2.17. The van der Waals surface area contributed by atoms with E-state index in [-0.39, 0.29) is 12.2 Å². The van der Waals surface area contributed by atoms with Crippen LogP contribution in [0, 0.1) is 0 Å². The van der Waals surface area contributed by atoms with Crippen molar-refractivity contribution in [2.24, 2.45) is 0 Å². The van der Waals surface area contributed by atoms with Crippen molar-refractivity contribution in [3.63, 3.8) is 0 Å². The maximum Gasteiger partial charge on any atom is 0.0599 e. The van der Waals surface area contributed by atoms with Crippen molar-refractivity contribution in [3.8, 4) is 0 Å². The molecule has 0 fully saturated rings. The van der Waals surface area contributed by atoms with E-state index in [1.54, 1.807) is 0 Å². The predicted molar refractivity (Wildman–Crippen MR) is 87.9 cm³/mol. The number of aliphatic hydroxyl groups is 2. The van der Waals surface area contributed by atoms with Gasteiger partial charge in [-0.05, 0) is 26.2 Å². The molecule has 2 atom stereocenters. The summed E-state index contributed by atoms with van der Waals surface area (Å²) in [6.07, 6.45) is 16.9. The molecule has 0 spiro atoms. The van der Waals surface area contributed by atoms with Crippen LogP contribution in [-0.4, -0.2) is 22.4 Å². The maximum absolute atomic E-state index is 9.83. The van der Waals surface area contributed by atoms with Crippen LogP contribution in [0.5, 0.6) is 0 Å². The minimum Gasteiger partial charge on any atom is -0.393 e. The Labute approximate surface area is 126 Å². The molecular formula is C18H36O2. The summed E-state index contributed by atoms with van der Waals surface area (Å²) in [6.45, 7) is 4.20. The quantitative estimate of drug-likeness (QED) is 0.348. The standard InChI is InChI=1S/C18H36O2/c1-3-5-7-8-9-10-11-12-13-15-18(20)16-17(19)14-6-4-2/h4,6,17-20H,3,5,7-16H2,1-2H3/b6-4+/t17-,18-/m1/s1. The summed E-state index contributed by atoms with van der Waals surface area (Å²) in [5.41, 5.74) is 0.